The van der Waals surface area contributed by atoms with Crippen molar-refractivity contribution in [3.8, 4) is 6.07 Å². The summed E-state index contributed by atoms with van der Waals surface area (Å²) >= 11 is 0. The minimum atomic E-state index is -0.337. The number of nitrogens with zero attached hydrogens (tertiary/aromatic N) is 3. The van der Waals surface area contributed by atoms with Gasteiger partial charge in [0.2, 0.25) is 0 Å². The average molecular weight is 288 g/mol. The summed E-state index contributed by atoms with van der Waals surface area (Å²) in [6, 6.07) is 7.47. The van der Waals surface area contributed by atoms with E-state index in [1.165, 1.54) is 12.1 Å². The van der Waals surface area contributed by atoms with Gasteiger partial charge in [0.1, 0.15) is 5.82 Å². The van der Waals surface area contributed by atoms with Crippen LogP contribution in [0.3, 0.4) is 0 Å². The highest BCUT2D eigenvalue weighted by atomic mass is 19.1. The van der Waals surface area contributed by atoms with Crippen LogP contribution < -0.4 is 10.6 Å². The number of hydrogen-bond donors (Lipinski definition) is 1. The molecule has 0 amide bonds. The molecule has 0 aliphatic carbocycles. The molecule has 0 bridgehead atoms. The Balaban J connectivity index is 1.67. The lowest BCUT2D eigenvalue weighted by atomic mass is 10.0. The molecule has 2 heterocycles. The zero-order chi connectivity index (χ0) is 14.8. The highest BCUT2D eigenvalue weighted by Crippen LogP contribution is 2.26. The highest BCUT2D eigenvalue weighted by Gasteiger charge is 2.30. The van der Waals surface area contributed by atoms with Crippen molar-refractivity contribution in [1.29, 1.82) is 5.26 Å². The molecule has 1 unspecified atom stereocenters. The fourth-order valence-corrected chi connectivity index (χ4v) is 3.38. The van der Waals surface area contributed by atoms with Gasteiger partial charge in [0.25, 0.3) is 0 Å². The third-order valence-corrected chi connectivity index (χ3v) is 4.63. The molecule has 3 rings (SSSR count). The zero-order valence-electron chi connectivity index (χ0n) is 12.1. The lowest BCUT2D eigenvalue weighted by Crippen LogP contribution is -2.46. The van der Waals surface area contributed by atoms with E-state index in [0.29, 0.717) is 17.6 Å². The summed E-state index contributed by atoms with van der Waals surface area (Å²) in [5.74, 6) is -0.337. The van der Waals surface area contributed by atoms with E-state index in [9.17, 15) is 4.39 Å². The van der Waals surface area contributed by atoms with Gasteiger partial charge in [-0.15, -0.1) is 0 Å². The molecule has 2 saturated heterocycles. The largest absolute Gasteiger partial charge is 0.370 e. The van der Waals surface area contributed by atoms with Crippen LogP contribution in [0.15, 0.2) is 18.2 Å². The summed E-state index contributed by atoms with van der Waals surface area (Å²) in [7, 11) is 0. The molecule has 2 fully saturated rings. The van der Waals surface area contributed by atoms with Gasteiger partial charge in [-0.25, -0.2) is 4.39 Å². The molecule has 0 aromatic heterocycles. The van der Waals surface area contributed by atoms with E-state index in [0.717, 1.165) is 51.1 Å². The van der Waals surface area contributed by atoms with Gasteiger partial charge in [0.05, 0.1) is 11.6 Å². The quantitative estimate of drug-likeness (QED) is 0.900. The lowest BCUT2D eigenvalue weighted by Gasteiger charge is -2.34. The van der Waals surface area contributed by atoms with E-state index < -0.39 is 0 Å². The molecular formula is C16H21FN4. The Kier molecular flexibility index (Phi) is 4.09. The maximum atomic E-state index is 13.6. The monoisotopic (exact) mass is 288 g/mol. The van der Waals surface area contributed by atoms with Gasteiger partial charge in [0, 0.05) is 30.9 Å². The number of benzene rings is 1. The Hall–Kier alpha value is -1.64. The average Bonchev–Trinajstić information content (AvgIpc) is 2.97. The zero-order valence-corrected chi connectivity index (χ0v) is 12.1. The first kappa shape index (κ1) is 14.3. The minimum Gasteiger partial charge on any atom is -0.370 e. The molecule has 0 spiro atoms. The second-order valence-electron chi connectivity index (χ2n) is 6.07. The van der Waals surface area contributed by atoms with Crippen LogP contribution in [-0.2, 0) is 0 Å². The van der Waals surface area contributed by atoms with Crippen molar-refractivity contribution in [2.24, 2.45) is 5.73 Å². The van der Waals surface area contributed by atoms with Gasteiger partial charge >= 0.3 is 0 Å². The molecule has 0 radical (unpaired) electrons. The fraction of sp³-hybridized carbons (Fsp3) is 0.562. The number of nitrogens with two attached hydrogens (primary N) is 1. The molecule has 2 aliphatic heterocycles. The van der Waals surface area contributed by atoms with Crippen LogP contribution >= 0.6 is 0 Å². The van der Waals surface area contributed by atoms with Crippen molar-refractivity contribution >= 4 is 5.69 Å². The summed E-state index contributed by atoms with van der Waals surface area (Å²) in [6.07, 6.45) is 3.22. The van der Waals surface area contributed by atoms with Crippen LogP contribution in [0, 0.1) is 17.1 Å². The van der Waals surface area contributed by atoms with E-state index in [1.807, 2.05) is 6.07 Å². The van der Waals surface area contributed by atoms with Crippen molar-refractivity contribution in [2.45, 2.75) is 31.3 Å². The maximum Gasteiger partial charge on any atom is 0.126 e. The summed E-state index contributed by atoms with van der Waals surface area (Å²) in [6.45, 7) is 3.95. The topological polar surface area (TPSA) is 56.3 Å². The van der Waals surface area contributed by atoms with Gasteiger partial charge in [-0.2, -0.15) is 5.26 Å². The molecule has 5 heteroatoms. The van der Waals surface area contributed by atoms with Gasteiger partial charge < -0.3 is 10.6 Å². The fourth-order valence-electron chi connectivity index (χ4n) is 3.38. The van der Waals surface area contributed by atoms with Crippen LogP contribution in [0.2, 0.25) is 0 Å². The first-order valence-electron chi connectivity index (χ1n) is 7.61. The lowest BCUT2D eigenvalue weighted by molar-refractivity contribution is 0.163. The number of halogens is 1. The van der Waals surface area contributed by atoms with Gasteiger partial charge in [-0.3, -0.25) is 4.90 Å². The number of likely N-dealkylation sites (tertiary alicyclic amines) is 1. The maximum absolute atomic E-state index is 13.6. The molecule has 1 atom stereocenters. The Labute approximate surface area is 124 Å². The van der Waals surface area contributed by atoms with E-state index in [2.05, 4.69) is 9.80 Å². The van der Waals surface area contributed by atoms with Crippen molar-refractivity contribution in [3.63, 3.8) is 0 Å². The minimum absolute atomic E-state index is 0.337. The van der Waals surface area contributed by atoms with Crippen molar-refractivity contribution in [1.82, 2.24) is 4.90 Å². The summed E-state index contributed by atoms with van der Waals surface area (Å²) in [5, 5.41) is 8.95. The molecule has 112 valence electrons. The third-order valence-electron chi connectivity index (χ3n) is 4.63. The first-order chi connectivity index (χ1) is 10.2. The number of piperidine rings is 1. The van der Waals surface area contributed by atoms with Gasteiger partial charge in [-0.05, 0) is 50.6 Å². The molecule has 2 N–H and O–H groups in total. The number of rotatable bonds is 2. The van der Waals surface area contributed by atoms with E-state index in [4.69, 9.17) is 11.0 Å². The SMILES string of the molecule is N#Cc1cc(F)cc(N2CCC(N3CCC(N)CC3)C2)c1. The molecule has 0 saturated carbocycles. The van der Waals surface area contributed by atoms with E-state index in [-0.39, 0.29) is 5.82 Å². The van der Waals surface area contributed by atoms with Crippen LogP contribution in [0.5, 0.6) is 0 Å². The Bertz CT molecular complexity index is 546. The van der Waals surface area contributed by atoms with Crippen LogP contribution in [0.25, 0.3) is 0 Å². The van der Waals surface area contributed by atoms with Crippen molar-refractivity contribution in [2.75, 3.05) is 31.1 Å². The summed E-state index contributed by atoms with van der Waals surface area (Å²) in [4.78, 5) is 4.69. The number of anilines is 1. The van der Waals surface area contributed by atoms with Gasteiger partial charge in [-0.1, -0.05) is 0 Å². The molecular weight excluding hydrogens is 267 g/mol. The standard InChI is InChI=1S/C16H21FN4/c17-13-7-12(10-18)8-16(9-13)21-6-3-15(11-21)20-4-1-14(19)2-5-20/h7-9,14-15H,1-6,11,19H2. The second kappa shape index (κ2) is 6.00. The molecule has 4 nitrogen and oxygen atoms in total. The third kappa shape index (κ3) is 3.17. The highest BCUT2D eigenvalue weighted by molar-refractivity contribution is 5.52. The molecule has 2 aliphatic rings. The first-order valence-corrected chi connectivity index (χ1v) is 7.61. The summed E-state index contributed by atoms with van der Waals surface area (Å²) < 4.78 is 13.6. The predicted molar refractivity (Wildman–Crippen MR) is 80.5 cm³/mol. The number of nitriles is 1. The Morgan fingerprint density at radius 2 is 1.90 bits per heavy atom. The molecule has 1 aromatic rings. The normalized spacial score (nSPS) is 24.2. The molecule has 1 aromatic carbocycles. The smallest absolute Gasteiger partial charge is 0.126 e. The van der Waals surface area contributed by atoms with Crippen LogP contribution in [-0.4, -0.2) is 43.2 Å². The predicted octanol–water partition coefficient (Wildman–Crippen LogP) is 1.70. The van der Waals surface area contributed by atoms with Crippen LogP contribution in [0.1, 0.15) is 24.8 Å². The molecule has 21 heavy (non-hydrogen) atoms. The van der Waals surface area contributed by atoms with Crippen molar-refractivity contribution < 1.29 is 4.39 Å². The van der Waals surface area contributed by atoms with Crippen LogP contribution in [0.4, 0.5) is 10.1 Å². The second-order valence-corrected chi connectivity index (χ2v) is 6.07. The van der Waals surface area contributed by atoms with Crippen molar-refractivity contribution in [3.05, 3.63) is 29.6 Å². The van der Waals surface area contributed by atoms with E-state index in [1.54, 1.807) is 6.07 Å². The Morgan fingerprint density at radius 3 is 2.62 bits per heavy atom. The van der Waals surface area contributed by atoms with E-state index >= 15 is 0 Å². The van der Waals surface area contributed by atoms with Gasteiger partial charge in [0.15, 0.2) is 0 Å². The Morgan fingerprint density at radius 1 is 1.14 bits per heavy atom. The number of hydrogen-bond acceptors (Lipinski definition) is 4. The summed E-state index contributed by atoms with van der Waals surface area (Å²) in [5.41, 5.74) is 7.16.